The molecule has 0 bridgehead atoms. The van der Waals surface area contributed by atoms with Crippen LogP contribution in [0.5, 0.6) is 0 Å². The first kappa shape index (κ1) is 9.88. The van der Waals surface area contributed by atoms with Crippen molar-refractivity contribution in [2.45, 2.75) is 13.0 Å². The van der Waals surface area contributed by atoms with Crippen molar-refractivity contribution in [1.82, 2.24) is 0 Å². The molecule has 2 aromatic carbocycles. The monoisotopic (exact) mass is 229 g/mol. The van der Waals surface area contributed by atoms with Crippen LogP contribution in [0.25, 0.3) is 11.1 Å². The van der Waals surface area contributed by atoms with E-state index in [1.165, 1.54) is 22.3 Å². The number of benzene rings is 2. The molecule has 0 radical (unpaired) electrons. The van der Waals surface area contributed by atoms with E-state index in [2.05, 4.69) is 31.2 Å². The van der Waals surface area contributed by atoms with Gasteiger partial charge in [-0.1, -0.05) is 35.9 Å². The molecule has 2 aromatic rings. The Bertz CT molecular complexity index is 575. The van der Waals surface area contributed by atoms with E-state index in [1.807, 2.05) is 12.1 Å². The summed E-state index contributed by atoms with van der Waals surface area (Å²) in [6.07, 6.45) is 0. The molecule has 2 N–H and O–H groups in total. The summed E-state index contributed by atoms with van der Waals surface area (Å²) >= 11 is 6.02. The van der Waals surface area contributed by atoms with Gasteiger partial charge in [0.1, 0.15) is 0 Å². The highest BCUT2D eigenvalue weighted by molar-refractivity contribution is 6.30. The molecular weight excluding hydrogens is 218 g/mol. The highest BCUT2D eigenvalue weighted by Gasteiger charge is 2.26. The zero-order valence-corrected chi connectivity index (χ0v) is 9.75. The lowest BCUT2D eigenvalue weighted by Gasteiger charge is -2.06. The molecule has 1 aliphatic rings. The molecule has 0 fully saturated rings. The van der Waals surface area contributed by atoms with Gasteiger partial charge >= 0.3 is 0 Å². The number of aryl methyl sites for hydroxylation is 1. The molecule has 2 heteroatoms. The molecule has 0 aromatic heterocycles. The first-order valence-electron chi connectivity index (χ1n) is 5.33. The van der Waals surface area contributed by atoms with Crippen LogP contribution in [0.2, 0.25) is 5.02 Å². The number of halogens is 1. The largest absolute Gasteiger partial charge is 0.320 e. The summed E-state index contributed by atoms with van der Waals surface area (Å²) in [4.78, 5) is 0. The van der Waals surface area contributed by atoms with Gasteiger partial charge < -0.3 is 5.73 Å². The number of fused-ring (bicyclic) bond motifs is 3. The Hall–Kier alpha value is -1.31. The lowest BCUT2D eigenvalue weighted by atomic mass is 10.0. The van der Waals surface area contributed by atoms with Gasteiger partial charge in [0, 0.05) is 5.02 Å². The smallest absolute Gasteiger partial charge is 0.0564 e. The van der Waals surface area contributed by atoms with Gasteiger partial charge in [0.15, 0.2) is 0 Å². The summed E-state index contributed by atoms with van der Waals surface area (Å²) in [5, 5.41) is 0.750. The molecule has 0 spiro atoms. The molecule has 1 aliphatic carbocycles. The van der Waals surface area contributed by atoms with Gasteiger partial charge in [0.2, 0.25) is 0 Å². The zero-order valence-electron chi connectivity index (χ0n) is 9.00. The highest BCUT2D eigenvalue weighted by atomic mass is 35.5. The maximum Gasteiger partial charge on any atom is 0.0564 e. The fraction of sp³-hybridized carbons (Fsp3) is 0.143. The van der Waals surface area contributed by atoms with E-state index in [1.54, 1.807) is 0 Å². The second-order valence-electron chi connectivity index (χ2n) is 4.25. The quantitative estimate of drug-likeness (QED) is 0.733. The van der Waals surface area contributed by atoms with Gasteiger partial charge in [-0.05, 0) is 46.9 Å². The van der Waals surface area contributed by atoms with Crippen LogP contribution >= 0.6 is 11.6 Å². The number of nitrogens with two attached hydrogens (primary N) is 1. The van der Waals surface area contributed by atoms with Crippen LogP contribution in [-0.4, -0.2) is 0 Å². The molecular formula is C14H12ClN. The summed E-state index contributed by atoms with van der Waals surface area (Å²) in [5.74, 6) is 0. The third kappa shape index (κ3) is 1.22. The van der Waals surface area contributed by atoms with Crippen molar-refractivity contribution in [3.63, 3.8) is 0 Å². The van der Waals surface area contributed by atoms with Crippen molar-refractivity contribution in [3.8, 4) is 11.1 Å². The van der Waals surface area contributed by atoms with Gasteiger partial charge in [0.25, 0.3) is 0 Å². The summed E-state index contributed by atoms with van der Waals surface area (Å²) in [5.41, 5.74) is 12.4. The predicted octanol–water partition coefficient (Wildman–Crippen LogP) is 3.68. The molecule has 80 valence electrons. The van der Waals surface area contributed by atoms with Crippen LogP contribution in [0.15, 0.2) is 36.4 Å². The Morgan fingerprint density at radius 2 is 1.94 bits per heavy atom. The van der Waals surface area contributed by atoms with Crippen LogP contribution < -0.4 is 5.73 Å². The fourth-order valence-corrected chi connectivity index (χ4v) is 2.68. The van der Waals surface area contributed by atoms with Gasteiger partial charge in [-0.2, -0.15) is 0 Å². The minimum absolute atomic E-state index is 0.0383. The molecule has 1 unspecified atom stereocenters. The lowest BCUT2D eigenvalue weighted by molar-refractivity contribution is 0.900. The van der Waals surface area contributed by atoms with E-state index >= 15 is 0 Å². The Kier molecular flexibility index (Phi) is 2.06. The second kappa shape index (κ2) is 3.34. The third-order valence-electron chi connectivity index (χ3n) is 3.26. The standard InChI is InChI=1S/C14H12ClN/c1-8-3-2-4-11-13(8)10-6-5-9(15)7-12(10)14(11)16/h2-7,14H,16H2,1H3. The summed E-state index contributed by atoms with van der Waals surface area (Å²) in [7, 11) is 0. The van der Waals surface area contributed by atoms with E-state index in [0.717, 1.165) is 10.6 Å². The summed E-state index contributed by atoms with van der Waals surface area (Å²) in [6.45, 7) is 2.12. The normalized spacial score (nSPS) is 17.1. The van der Waals surface area contributed by atoms with Crippen LogP contribution in [0.4, 0.5) is 0 Å². The predicted molar refractivity (Wildman–Crippen MR) is 67.7 cm³/mol. The first-order chi connectivity index (χ1) is 7.68. The van der Waals surface area contributed by atoms with Crippen molar-refractivity contribution in [2.75, 3.05) is 0 Å². The van der Waals surface area contributed by atoms with Crippen molar-refractivity contribution >= 4 is 11.6 Å². The van der Waals surface area contributed by atoms with E-state index in [0.29, 0.717) is 0 Å². The SMILES string of the molecule is Cc1cccc2c1-c1ccc(Cl)cc1C2N. The van der Waals surface area contributed by atoms with Crippen molar-refractivity contribution in [1.29, 1.82) is 0 Å². The van der Waals surface area contributed by atoms with Crippen molar-refractivity contribution < 1.29 is 0 Å². The number of rotatable bonds is 0. The summed E-state index contributed by atoms with van der Waals surface area (Å²) in [6, 6.07) is 12.2. The molecule has 3 rings (SSSR count). The Balaban J connectivity index is 2.36. The third-order valence-corrected chi connectivity index (χ3v) is 3.49. The molecule has 0 saturated carbocycles. The molecule has 0 heterocycles. The van der Waals surface area contributed by atoms with Gasteiger partial charge in [-0.15, -0.1) is 0 Å². The number of hydrogen-bond acceptors (Lipinski definition) is 1. The molecule has 1 atom stereocenters. The van der Waals surface area contributed by atoms with E-state index in [9.17, 15) is 0 Å². The molecule has 16 heavy (non-hydrogen) atoms. The molecule has 1 nitrogen and oxygen atoms in total. The lowest BCUT2D eigenvalue weighted by Crippen LogP contribution is -2.07. The molecule has 0 saturated heterocycles. The van der Waals surface area contributed by atoms with E-state index < -0.39 is 0 Å². The van der Waals surface area contributed by atoms with Crippen LogP contribution in [0.3, 0.4) is 0 Å². The number of hydrogen-bond donors (Lipinski definition) is 1. The van der Waals surface area contributed by atoms with Crippen LogP contribution in [0, 0.1) is 6.92 Å². The average Bonchev–Trinajstić information content (AvgIpc) is 2.55. The second-order valence-corrected chi connectivity index (χ2v) is 4.68. The Labute approximate surface area is 99.9 Å². The minimum Gasteiger partial charge on any atom is -0.320 e. The van der Waals surface area contributed by atoms with Gasteiger partial charge in [-0.25, -0.2) is 0 Å². The topological polar surface area (TPSA) is 26.0 Å². The average molecular weight is 230 g/mol. The Morgan fingerprint density at radius 1 is 1.12 bits per heavy atom. The van der Waals surface area contributed by atoms with E-state index in [4.69, 9.17) is 17.3 Å². The maximum absolute atomic E-state index is 6.24. The Morgan fingerprint density at radius 3 is 2.75 bits per heavy atom. The van der Waals surface area contributed by atoms with Crippen molar-refractivity contribution in [2.24, 2.45) is 5.73 Å². The minimum atomic E-state index is -0.0383. The van der Waals surface area contributed by atoms with Crippen LogP contribution in [0.1, 0.15) is 22.7 Å². The van der Waals surface area contributed by atoms with Gasteiger partial charge in [-0.3, -0.25) is 0 Å². The fourth-order valence-electron chi connectivity index (χ4n) is 2.50. The van der Waals surface area contributed by atoms with Crippen LogP contribution in [-0.2, 0) is 0 Å². The first-order valence-corrected chi connectivity index (χ1v) is 5.71. The molecule has 0 aliphatic heterocycles. The summed E-state index contributed by atoms with van der Waals surface area (Å²) < 4.78 is 0. The van der Waals surface area contributed by atoms with Crippen molar-refractivity contribution in [3.05, 3.63) is 58.1 Å². The molecule has 0 amide bonds. The zero-order chi connectivity index (χ0) is 11.3. The van der Waals surface area contributed by atoms with Gasteiger partial charge in [0.05, 0.1) is 6.04 Å². The van der Waals surface area contributed by atoms with E-state index in [-0.39, 0.29) is 6.04 Å². The highest BCUT2D eigenvalue weighted by Crippen LogP contribution is 2.44. The maximum atomic E-state index is 6.24.